The van der Waals surface area contributed by atoms with E-state index in [9.17, 15) is 4.79 Å². The second-order valence-corrected chi connectivity index (χ2v) is 5.20. The third kappa shape index (κ3) is 6.25. The number of ether oxygens (including phenoxy) is 3. The maximum Gasteiger partial charge on any atom is 0.317 e. The second-order valence-electron chi connectivity index (χ2n) is 5.20. The number of methoxy groups -OCH3 is 1. The molecule has 2 N–H and O–H groups in total. The van der Waals surface area contributed by atoms with E-state index in [2.05, 4.69) is 10.6 Å². The van der Waals surface area contributed by atoms with Gasteiger partial charge in [0, 0.05) is 6.54 Å². The van der Waals surface area contributed by atoms with E-state index in [1.54, 1.807) is 13.2 Å². The van der Waals surface area contributed by atoms with E-state index in [0.29, 0.717) is 24.7 Å². The third-order valence-electron chi connectivity index (χ3n) is 3.47. The van der Waals surface area contributed by atoms with Gasteiger partial charge in [-0.05, 0) is 43.2 Å². The molecule has 2 aromatic carbocycles. The van der Waals surface area contributed by atoms with Gasteiger partial charge in [0.15, 0.2) is 18.2 Å². The smallest absolute Gasteiger partial charge is 0.317 e. The Kier molecular flexibility index (Phi) is 7.43. The maximum atomic E-state index is 11.8. The van der Waals surface area contributed by atoms with Gasteiger partial charge < -0.3 is 24.8 Å². The van der Waals surface area contributed by atoms with Crippen LogP contribution in [0.2, 0.25) is 0 Å². The molecule has 0 atom stereocenters. The molecule has 25 heavy (non-hydrogen) atoms. The Bertz CT molecular complexity index is 659. The van der Waals surface area contributed by atoms with E-state index in [4.69, 9.17) is 14.2 Å². The molecule has 0 heterocycles. The van der Waals surface area contributed by atoms with Gasteiger partial charge in [-0.1, -0.05) is 24.3 Å². The fraction of sp³-hybridized carbons (Fsp3) is 0.316. The third-order valence-corrected chi connectivity index (χ3v) is 3.47. The molecular formula is C19H24N2O4. The normalized spacial score (nSPS) is 10.0. The first-order chi connectivity index (χ1) is 12.2. The summed E-state index contributed by atoms with van der Waals surface area (Å²) >= 11 is 0. The highest BCUT2D eigenvalue weighted by Gasteiger charge is 2.04. The molecule has 0 spiro atoms. The van der Waals surface area contributed by atoms with E-state index in [1.165, 1.54) is 0 Å². The molecule has 0 fully saturated rings. The lowest BCUT2D eigenvalue weighted by Crippen LogP contribution is -2.38. The quantitative estimate of drug-likeness (QED) is 0.686. The maximum absolute atomic E-state index is 11.8. The van der Waals surface area contributed by atoms with E-state index >= 15 is 0 Å². The van der Waals surface area contributed by atoms with Crippen molar-refractivity contribution in [2.24, 2.45) is 0 Å². The molecule has 2 aromatic rings. The Labute approximate surface area is 148 Å². The lowest BCUT2D eigenvalue weighted by atomic mass is 10.1. The van der Waals surface area contributed by atoms with Gasteiger partial charge in [-0.15, -0.1) is 0 Å². The van der Waals surface area contributed by atoms with Crippen molar-refractivity contribution in [3.8, 4) is 17.2 Å². The van der Waals surface area contributed by atoms with Crippen molar-refractivity contribution in [2.45, 2.75) is 13.3 Å². The van der Waals surface area contributed by atoms with Gasteiger partial charge in [0.25, 0.3) is 0 Å². The Balaban J connectivity index is 1.67. The topological polar surface area (TPSA) is 68.8 Å². The monoisotopic (exact) mass is 344 g/mol. The summed E-state index contributed by atoms with van der Waals surface area (Å²) in [5.74, 6) is 2.08. The van der Waals surface area contributed by atoms with Crippen molar-refractivity contribution >= 4 is 6.03 Å². The van der Waals surface area contributed by atoms with E-state index < -0.39 is 0 Å². The molecule has 2 rings (SSSR count). The van der Waals surface area contributed by atoms with Crippen LogP contribution in [0.4, 0.5) is 4.79 Å². The van der Waals surface area contributed by atoms with Crippen LogP contribution in [0.5, 0.6) is 17.2 Å². The van der Waals surface area contributed by atoms with Gasteiger partial charge in [-0.2, -0.15) is 0 Å². The minimum absolute atomic E-state index is 0.0679. The van der Waals surface area contributed by atoms with Crippen molar-refractivity contribution in [3.63, 3.8) is 0 Å². The predicted molar refractivity (Wildman–Crippen MR) is 96.3 cm³/mol. The Morgan fingerprint density at radius 2 is 1.64 bits per heavy atom. The highest BCUT2D eigenvalue weighted by atomic mass is 16.5. The molecule has 0 aliphatic carbocycles. The summed E-state index contributed by atoms with van der Waals surface area (Å²) in [5.41, 5.74) is 1.13. The number of amides is 2. The number of rotatable bonds is 9. The standard InChI is InChI=1S/C19H24N2O4/c1-3-24-17-6-4-5-7-18(17)25-14-21-19(22)20-13-12-15-8-10-16(23-2)11-9-15/h4-11H,3,12-14H2,1-2H3,(H2,20,21,22). The Morgan fingerprint density at radius 3 is 2.28 bits per heavy atom. The number of para-hydroxylation sites is 2. The molecule has 0 radical (unpaired) electrons. The first-order valence-electron chi connectivity index (χ1n) is 8.22. The molecule has 0 aliphatic rings. The zero-order chi connectivity index (χ0) is 17.9. The molecule has 0 saturated heterocycles. The molecule has 134 valence electrons. The number of nitrogens with one attached hydrogen (secondary N) is 2. The van der Waals surface area contributed by atoms with E-state index in [-0.39, 0.29) is 12.8 Å². The fourth-order valence-corrected chi connectivity index (χ4v) is 2.20. The number of urea groups is 1. The molecular weight excluding hydrogens is 320 g/mol. The average molecular weight is 344 g/mol. The van der Waals surface area contributed by atoms with Gasteiger partial charge in [-0.3, -0.25) is 0 Å². The molecule has 6 heteroatoms. The zero-order valence-corrected chi connectivity index (χ0v) is 14.6. The summed E-state index contributed by atoms with van der Waals surface area (Å²) in [7, 11) is 1.63. The van der Waals surface area contributed by atoms with Crippen LogP contribution >= 0.6 is 0 Å². The first-order valence-corrected chi connectivity index (χ1v) is 8.22. The number of carbonyl (C=O) groups excluding carboxylic acids is 1. The molecule has 0 saturated carbocycles. The zero-order valence-electron chi connectivity index (χ0n) is 14.6. The van der Waals surface area contributed by atoms with Gasteiger partial charge in [0.1, 0.15) is 5.75 Å². The van der Waals surface area contributed by atoms with Crippen molar-refractivity contribution < 1.29 is 19.0 Å². The summed E-state index contributed by atoms with van der Waals surface area (Å²) in [6, 6.07) is 14.8. The summed E-state index contributed by atoms with van der Waals surface area (Å²) in [4.78, 5) is 11.8. The lowest BCUT2D eigenvalue weighted by molar-refractivity contribution is 0.220. The summed E-state index contributed by atoms with van der Waals surface area (Å²) < 4.78 is 16.1. The number of carbonyl (C=O) groups is 1. The van der Waals surface area contributed by atoms with Crippen LogP contribution in [0.15, 0.2) is 48.5 Å². The summed E-state index contributed by atoms with van der Waals surface area (Å²) in [5, 5.41) is 5.45. The van der Waals surface area contributed by atoms with Crippen molar-refractivity contribution in [1.29, 1.82) is 0 Å². The Hall–Kier alpha value is -2.89. The van der Waals surface area contributed by atoms with Crippen molar-refractivity contribution in [3.05, 3.63) is 54.1 Å². The largest absolute Gasteiger partial charge is 0.497 e. The van der Waals surface area contributed by atoms with Gasteiger partial charge >= 0.3 is 6.03 Å². The summed E-state index contributed by atoms with van der Waals surface area (Å²) in [6.45, 7) is 3.07. The number of hydrogen-bond acceptors (Lipinski definition) is 4. The van der Waals surface area contributed by atoms with Crippen LogP contribution in [-0.4, -0.2) is 33.0 Å². The van der Waals surface area contributed by atoms with E-state index in [0.717, 1.165) is 17.7 Å². The van der Waals surface area contributed by atoms with Crippen LogP contribution in [0.1, 0.15) is 12.5 Å². The molecule has 0 bridgehead atoms. The average Bonchev–Trinajstić information content (AvgIpc) is 2.64. The molecule has 0 aromatic heterocycles. The molecule has 6 nitrogen and oxygen atoms in total. The summed E-state index contributed by atoms with van der Waals surface area (Å²) in [6.07, 6.45) is 0.742. The lowest BCUT2D eigenvalue weighted by Gasteiger charge is -2.12. The van der Waals surface area contributed by atoms with Gasteiger partial charge in [-0.25, -0.2) is 4.79 Å². The number of benzene rings is 2. The van der Waals surface area contributed by atoms with Crippen LogP contribution in [0.25, 0.3) is 0 Å². The molecule has 0 aliphatic heterocycles. The SMILES string of the molecule is CCOc1ccccc1OCNC(=O)NCCc1ccc(OC)cc1. The highest BCUT2D eigenvalue weighted by Crippen LogP contribution is 2.25. The van der Waals surface area contributed by atoms with Crippen LogP contribution in [-0.2, 0) is 6.42 Å². The minimum Gasteiger partial charge on any atom is -0.497 e. The molecule has 2 amide bonds. The minimum atomic E-state index is -0.276. The Morgan fingerprint density at radius 1 is 0.960 bits per heavy atom. The van der Waals surface area contributed by atoms with Crippen molar-refractivity contribution in [2.75, 3.05) is 27.0 Å². The first kappa shape index (κ1) is 18.4. The van der Waals surface area contributed by atoms with Crippen LogP contribution in [0.3, 0.4) is 0 Å². The van der Waals surface area contributed by atoms with Crippen molar-refractivity contribution in [1.82, 2.24) is 10.6 Å². The predicted octanol–water partition coefficient (Wildman–Crippen LogP) is 2.97. The van der Waals surface area contributed by atoms with Crippen LogP contribution in [0, 0.1) is 0 Å². The number of hydrogen-bond donors (Lipinski definition) is 2. The van der Waals surface area contributed by atoms with E-state index in [1.807, 2.05) is 49.4 Å². The van der Waals surface area contributed by atoms with Gasteiger partial charge in [0.05, 0.1) is 13.7 Å². The second kappa shape index (κ2) is 10.1. The highest BCUT2D eigenvalue weighted by molar-refractivity contribution is 5.73. The molecule has 0 unspecified atom stereocenters. The van der Waals surface area contributed by atoms with Gasteiger partial charge in [0.2, 0.25) is 0 Å². The fourth-order valence-electron chi connectivity index (χ4n) is 2.20. The van der Waals surface area contributed by atoms with Crippen LogP contribution < -0.4 is 24.8 Å².